The molecule has 8 heteroatoms. The molecule has 27 heavy (non-hydrogen) atoms. The van der Waals surface area contributed by atoms with Gasteiger partial charge in [0.25, 0.3) is 5.91 Å². The lowest BCUT2D eigenvalue weighted by Gasteiger charge is -2.21. The SMILES string of the molecule is CN(C)CCCN(C(=O)c1ccc(Br)cc1)c1nc2ccc(Cl)cc2s1.Cl. The largest absolute Gasteiger partial charge is 0.309 e. The smallest absolute Gasteiger partial charge is 0.260 e. The fourth-order valence-corrected chi connectivity index (χ4v) is 4.11. The van der Waals surface area contributed by atoms with Gasteiger partial charge < -0.3 is 4.90 Å². The van der Waals surface area contributed by atoms with E-state index in [0.717, 1.165) is 27.7 Å². The zero-order valence-electron chi connectivity index (χ0n) is 15.0. The number of amides is 1. The number of carbonyl (C=O) groups excluding carboxylic acids is 1. The van der Waals surface area contributed by atoms with Crippen molar-refractivity contribution in [2.75, 3.05) is 32.1 Å². The summed E-state index contributed by atoms with van der Waals surface area (Å²) in [6.07, 6.45) is 0.867. The number of hydrogen-bond acceptors (Lipinski definition) is 4. The molecule has 3 rings (SSSR count). The highest BCUT2D eigenvalue weighted by Gasteiger charge is 2.21. The topological polar surface area (TPSA) is 36.4 Å². The molecule has 0 unspecified atom stereocenters. The summed E-state index contributed by atoms with van der Waals surface area (Å²) in [4.78, 5) is 21.7. The first-order valence-electron chi connectivity index (χ1n) is 8.22. The summed E-state index contributed by atoms with van der Waals surface area (Å²) in [7, 11) is 4.06. The van der Waals surface area contributed by atoms with Gasteiger partial charge in [-0.25, -0.2) is 4.98 Å². The van der Waals surface area contributed by atoms with Gasteiger partial charge in [0.2, 0.25) is 0 Å². The molecular weight excluding hydrogens is 469 g/mol. The molecule has 144 valence electrons. The number of anilines is 1. The minimum absolute atomic E-state index is 0. The van der Waals surface area contributed by atoms with E-state index in [1.165, 1.54) is 11.3 Å². The third kappa shape index (κ3) is 5.65. The van der Waals surface area contributed by atoms with Crippen molar-refractivity contribution in [1.82, 2.24) is 9.88 Å². The number of halogens is 3. The molecule has 1 amide bonds. The lowest BCUT2D eigenvalue weighted by atomic mass is 10.2. The van der Waals surface area contributed by atoms with Gasteiger partial charge in [-0.1, -0.05) is 38.9 Å². The summed E-state index contributed by atoms with van der Waals surface area (Å²) in [6, 6.07) is 13.0. The Morgan fingerprint density at radius 2 is 1.85 bits per heavy atom. The van der Waals surface area contributed by atoms with Crippen LogP contribution in [0.1, 0.15) is 16.8 Å². The zero-order valence-corrected chi connectivity index (χ0v) is 19.0. The van der Waals surface area contributed by atoms with Crippen molar-refractivity contribution in [2.45, 2.75) is 6.42 Å². The lowest BCUT2D eigenvalue weighted by Crippen LogP contribution is -2.33. The number of nitrogens with zero attached hydrogens (tertiary/aromatic N) is 3. The van der Waals surface area contributed by atoms with Gasteiger partial charge in [-0.2, -0.15) is 0 Å². The highest BCUT2D eigenvalue weighted by atomic mass is 79.9. The molecule has 0 radical (unpaired) electrons. The van der Waals surface area contributed by atoms with Crippen LogP contribution >= 0.6 is 51.3 Å². The Labute approximate surface area is 182 Å². The third-order valence-electron chi connectivity index (χ3n) is 3.89. The molecule has 4 nitrogen and oxygen atoms in total. The monoisotopic (exact) mass is 487 g/mol. The predicted molar refractivity (Wildman–Crippen MR) is 121 cm³/mol. The number of benzene rings is 2. The third-order valence-corrected chi connectivity index (χ3v) is 5.70. The van der Waals surface area contributed by atoms with Gasteiger partial charge in [0.1, 0.15) is 0 Å². The van der Waals surface area contributed by atoms with Crippen molar-refractivity contribution in [3.05, 3.63) is 57.5 Å². The Kier molecular flexibility index (Phi) is 8.06. The summed E-state index contributed by atoms with van der Waals surface area (Å²) in [5.41, 5.74) is 1.51. The van der Waals surface area contributed by atoms with Gasteiger partial charge in [0, 0.05) is 21.6 Å². The number of hydrogen-bond donors (Lipinski definition) is 0. The van der Waals surface area contributed by atoms with Crippen LogP contribution in [0.3, 0.4) is 0 Å². The number of aromatic nitrogens is 1. The molecule has 0 aliphatic rings. The molecule has 0 bridgehead atoms. The van der Waals surface area contributed by atoms with Crippen molar-refractivity contribution < 1.29 is 4.79 Å². The maximum Gasteiger partial charge on any atom is 0.260 e. The minimum Gasteiger partial charge on any atom is -0.309 e. The Hall–Kier alpha value is -1.18. The molecule has 0 saturated carbocycles. The number of fused-ring (bicyclic) bond motifs is 1. The van der Waals surface area contributed by atoms with Gasteiger partial charge in [0.15, 0.2) is 5.13 Å². The Bertz CT molecular complexity index is 915. The van der Waals surface area contributed by atoms with Crippen LogP contribution in [0.2, 0.25) is 5.02 Å². The fourth-order valence-electron chi connectivity index (χ4n) is 2.58. The zero-order chi connectivity index (χ0) is 18.7. The van der Waals surface area contributed by atoms with Crippen LogP contribution in [0.5, 0.6) is 0 Å². The molecule has 3 aromatic rings. The van der Waals surface area contributed by atoms with Crippen molar-refractivity contribution in [3.63, 3.8) is 0 Å². The molecule has 0 N–H and O–H groups in total. The first-order valence-corrected chi connectivity index (χ1v) is 10.2. The second kappa shape index (κ2) is 9.85. The molecule has 0 saturated heterocycles. The Morgan fingerprint density at radius 1 is 1.15 bits per heavy atom. The van der Waals surface area contributed by atoms with Crippen molar-refractivity contribution in [3.8, 4) is 0 Å². The van der Waals surface area contributed by atoms with Gasteiger partial charge in [-0.3, -0.25) is 9.69 Å². The van der Waals surface area contributed by atoms with Crippen LogP contribution < -0.4 is 4.90 Å². The standard InChI is InChI=1S/C19H19BrClN3OS.ClH/c1-23(2)10-3-11-24(18(25)13-4-6-14(20)7-5-13)19-22-16-9-8-15(21)12-17(16)26-19;/h4-9,12H,3,10-11H2,1-2H3;1H. The molecule has 0 atom stereocenters. The maximum atomic E-state index is 13.1. The van der Waals surface area contributed by atoms with Crippen LogP contribution in [-0.2, 0) is 0 Å². The molecular formula is C19H20BrCl2N3OS. The summed E-state index contributed by atoms with van der Waals surface area (Å²) >= 11 is 11.0. The van der Waals surface area contributed by atoms with Crippen LogP contribution in [0.25, 0.3) is 10.2 Å². The van der Waals surface area contributed by atoms with Crippen molar-refractivity contribution >= 4 is 72.5 Å². The van der Waals surface area contributed by atoms with Gasteiger partial charge in [-0.05, 0) is 69.5 Å². The Morgan fingerprint density at radius 3 is 2.52 bits per heavy atom. The molecule has 0 aliphatic heterocycles. The number of thiazole rings is 1. The number of rotatable bonds is 6. The van der Waals surface area contributed by atoms with Gasteiger partial charge in [-0.15, -0.1) is 12.4 Å². The summed E-state index contributed by atoms with van der Waals surface area (Å²) in [5.74, 6) is -0.0404. The molecule has 1 heterocycles. The van der Waals surface area contributed by atoms with E-state index in [1.54, 1.807) is 4.90 Å². The predicted octanol–water partition coefficient (Wildman–Crippen LogP) is 5.73. The highest BCUT2D eigenvalue weighted by Crippen LogP contribution is 2.31. The first-order chi connectivity index (χ1) is 12.4. The summed E-state index contributed by atoms with van der Waals surface area (Å²) in [6.45, 7) is 1.52. The van der Waals surface area contributed by atoms with Gasteiger partial charge >= 0.3 is 0 Å². The second-order valence-corrected chi connectivity index (χ2v) is 8.59. The van der Waals surface area contributed by atoms with Crippen LogP contribution in [0.4, 0.5) is 5.13 Å². The second-order valence-electron chi connectivity index (χ2n) is 6.23. The van der Waals surface area contributed by atoms with E-state index in [9.17, 15) is 4.79 Å². The molecule has 0 fully saturated rings. The fraction of sp³-hybridized carbons (Fsp3) is 0.263. The van der Waals surface area contributed by atoms with E-state index in [4.69, 9.17) is 11.6 Å². The van der Waals surface area contributed by atoms with E-state index < -0.39 is 0 Å². The van der Waals surface area contributed by atoms with Crippen molar-refractivity contribution in [1.29, 1.82) is 0 Å². The van der Waals surface area contributed by atoms with Crippen LogP contribution in [-0.4, -0.2) is 43.0 Å². The quantitative estimate of drug-likeness (QED) is 0.444. The van der Waals surface area contributed by atoms with E-state index in [2.05, 4.69) is 25.8 Å². The van der Waals surface area contributed by atoms with E-state index in [0.29, 0.717) is 22.3 Å². The van der Waals surface area contributed by atoms with E-state index >= 15 is 0 Å². The lowest BCUT2D eigenvalue weighted by molar-refractivity contribution is 0.0986. The minimum atomic E-state index is -0.0404. The average molecular weight is 489 g/mol. The number of carbonyl (C=O) groups is 1. The van der Waals surface area contributed by atoms with Crippen LogP contribution in [0, 0.1) is 0 Å². The molecule has 1 aromatic heterocycles. The molecule has 2 aromatic carbocycles. The average Bonchev–Trinajstić information content (AvgIpc) is 3.01. The molecule has 0 aliphatic carbocycles. The molecule has 0 spiro atoms. The normalized spacial score (nSPS) is 10.9. The Balaban J connectivity index is 0.00000261. The highest BCUT2D eigenvalue weighted by molar-refractivity contribution is 9.10. The van der Waals surface area contributed by atoms with E-state index in [-0.39, 0.29) is 18.3 Å². The van der Waals surface area contributed by atoms with Gasteiger partial charge in [0.05, 0.1) is 10.2 Å². The van der Waals surface area contributed by atoms with E-state index in [1.807, 2.05) is 56.6 Å². The maximum absolute atomic E-state index is 13.1. The van der Waals surface area contributed by atoms with Crippen molar-refractivity contribution in [2.24, 2.45) is 0 Å². The first kappa shape index (κ1) is 22.1. The summed E-state index contributed by atoms with van der Waals surface area (Å²) < 4.78 is 1.93. The summed E-state index contributed by atoms with van der Waals surface area (Å²) in [5, 5.41) is 1.38. The van der Waals surface area contributed by atoms with Crippen LogP contribution in [0.15, 0.2) is 46.9 Å².